The minimum atomic E-state index is -4.43. The van der Waals surface area contributed by atoms with Crippen LogP contribution in [0.2, 0.25) is 0 Å². The largest absolute Gasteiger partial charge is 0.416 e. The standard InChI is InChI=1S/C24H29F3N4O4/c1-15-29-18(13-19(32)31-23(2)6-8-33-9-7-23)20(22-34-10-11-35-22)21(30-15)28-14-16-4-3-5-17(12-16)24(25,26)27/h3-5,12,22H,6-11,13-14H2,1-2H3,(H,31,32)(H,28,29,30). The molecule has 1 aromatic heterocycles. The quantitative estimate of drug-likeness (QED) is 0.606. The van der Waals surface area contributed by atoms with Crippen LogP contribution in [-0.4, -0.2) is 47.8 Å². The molecule has 0 atom stereocenters. The molecule has 3 heterocycles. The smallest absolute Gasteiger partial charge is 0.381 e. The van der Waals surface area contributed by atoms with E-state index in [0.29, 0.717) is 67.7 Å². The summed E-state index contributed by atoms with van der Waals surface area (Å²) in [7, 11) is 0. The highest BCUT2D eigenvalue weighted by molar-refractivity contribution is 5.79. The van der Waals surface area contributed by atoms with Crippen molar-refractivity contribution in [3.05, 3.63) is 52.5 Å². The lowest BCUT2D eigenvalue weighted by molar-refractivity contribution is -0.137. The number of aryl methyl sites for hydroxylation is 1. The Labute approximate surface area is 201 Å². The number of hydrogen-bond acceptors (Lipinski definition) is 7. The van der Waals surface area contributed by atoms with E-state index in [0.717, 1.165) is 12.1 Å². The Hall–Kier alpha value is -2.76. The summed E-state index contributed by atoms with van der Waals surface area (Å²) in [4.78, 5) is 21.9. The molecule has 0 saturated carbocycles. The van der Waals surface area contributed by atoms with Crippen molar-refractivity contribution in [3.8, 4) is 0 Å². The van der Waals surface area contributed by atoms with Crippen LogP contribution >= 0.6 is 0 Å². The van der Waals surface area contributed by atoms with E-state index in [2.05, 4.69) is 20.6 Å². The monoisotopic (exact) mass is 494 g/mol. The van der Waals surface area contributed by atoms with Crippen LogP contribution in [0.1, 0.15) is 54.3 Å². The van der Waals surface area contributed by atoms with Gasteiger partial charge in [-0.25, -0.2) is 9.97 Å². The highest BCUT2D eigenvalue weighted by Gasteiger charge is 2.32. The van der Waals surface area contributed by atoms with Crippen molar-refractivity contribution in [1.29, 1.82) is 0 Å². The Morgan fingerprint density at radius 3 is 2.54 bits per heavy atom. The summed E-state index contributed by atoms with van der Waals surface area (Å²) in [5.41, 5.74) is 0.276. The van der Waals surface area contributed by atoms with E-state index in [1.54, 1.807) is 13.0 Å². The number of benzene rings is 1. The minimum absolute atomic E-state index is 0.0173. The number of halogens is 3. The first kappa shape index (κ1) is 25.3. The highest BCUT2D eigenvalue weighted by atomic mass is 19.4. The number of rotatable bonds is 7. The Kier molecular flexibility index (Phi) is 7.58. The molecule has 35 heavy (non-hydrogen) atoms. The first-order chi connectivity index (χ1) is 16.6. The van der Waals surface area contributed by atoms with Gasteiger partial charge in [-0.1, -0.05) is 12.1 Å². The van der Waals surface area contributed by atoms with E-state index in [9.17, 15) is 18.0 Å². The molecule has 190 valence electrons. The van der Waals surface area contributed by atoms with Gasteiger partial charge in [0.1, 0.15) is 11.6 Å². The van der Waals surface area contributed by atoms with Gasteiger partial charge in [0.05, 0.1) is 36.5 Å². The van der Waals surface area contributed by atoms with Gasteiger partial charge in [0, 0.05) is 25.3 Å². The zero-order valence-corrected chi connectivity index (χ0v) is 19.7. The van der Waals surface area contributed by atoms with Crippen molar-refractivity contribution in [2.45, 2.75) is 57.7 Å². The third-order valence-corrected chi connectivity index (χ3v) is 6.07. The van der Waals surface area contributed by atoms with E-state index < -0.39 is 18.0 Å². The molecule has 0 spiro atoms. The molecule has 2 aliphatic rings. The maximum Gasteiger partial charge on any atom is 0.416 e. The van der Waals surface area contributed by atoms with Crippen molar-refractivity contribution >= 4 is 11.7 Å². The molecule has 2 N–H and O–H groups in total. The minimum Gasteiger partial charge on any atom is -0.381 e. The lowest BCUT2D eigenvalue weighted by Crippen LogP contribution is -2.50. The van der Waals surface area contributed by atoms with Gasteiger partial charge in [-0.3, -0.25) is 4.79 Å². The Morgan fingerprint density at radius 2 is 1.86 bits per heavy atom. The second kappa shape index (κ2) is 10.5. The summed E-state index contributed by atoms with van der Waals surface area (Å²) in [5.74, 6) is 0.579. The first-order valence-electron chi connectivity index (χ1n) is 11.5. The Morgan fingerprint density at radius 1 is 1.14 bits per heavy atom. The molecule has 8 nitrogen and oxygen atoms in total. The van der Waals surface area contributed by atoms with Gasteiger partial charge < -0.3 is 24.8 Å². The van der Waals surface area contributed by atoms with Crippen molar-refractivity contribution < 1.29 is 32.2 Å². The van der Waals surface area contributed by atoms with Crippen LogP contribution in [0.15, 0.2) is 24.3 Å². The van der Waals surface area contributed by atoms with Crippen LogP contribution in [-0.2, 0) is 38.1 Å². The molecule has 0 aliphatic carbocycles. The number of aromatic nitrogens is 2. The van der Waals surface area contributed by atoms with Crippen molar-refractivity contribution in [2.24, 2.45) is 0 Å². The summed E-state index contributed by atoms with van der Waals surface area (Å²) in [5, 5.41) is 6.19. The molecule has 2 aromatic rings. The Balaban J connectivity index is 1.57. The van der Waals surface area contributed by atoms with Crippen LogP contribution in [0.25, 0.3) is 0 Å². The summed E-state index contributed by atoms with van der Waals surface area (Å²) in [6, 6.07) is 5.08. The average Bonchev–Trinajstić information content (AvgIpc) is 3.31. The maximum atomic E-state index is 13.1. The molecule has 4 rings (SSSR count). The zero-order chi connectivity index (χ0) is 25.1. The second-order valence-corrected chi connectivity index (χ2v) is 9.00. The second-order valence-electron chi connectivity index (χ2n) is 9.00. The van der Waals surface area contributed by atoms with Gasteiger partial charge >= 0.3 is 6.18 Å². The highest BCUT2D eigenvalue weighted by Crippen LogP contribution is 2.33. The van der Waals surface area contributed by atoms with Gasteiger partial charge in [0.25, 0.3) is 0 Å². The fourth-order valence-electron chi connectivity index (χ4n) is 4.20. The number of hydrogen-bond donors (Lipinski definition) is 2. The molecule has 2 saturated heterocycles. The third kappa shape index (κ3) is 6.47. The number of amides is 1. The number of carbonyl (C=O) groups is 1. The maximum absolute atomic E-state index is 13.1. The molecule has 11 heteroatoms. The van der Waals surface area contributed by atoms with Gasteiger partial charge in [0.2, 0.25) is 5.91 Å². The van der Waals surface area contributed by atoms with Crippen LogP contribution in [0.5, 0.6) is 0 Å². The average molecular weight is 495 g/mol. The van der Waals surface area contributed by atoms with E-state index >= 15 is 0 Å². The van der Waals surface area contributed by atoms with Crippen LogP contribution < -0.4 is 10.6 Å². The van der Waals surface area contributed by atoms with E-state index in [1.165, 1.54) is 6.07 Å². The lowest BCUT2D eigenvalue weighted by Gasteiger charge is -2.34. The topological polar surface area (TPSA) is 94.6 Å². The fourth-order valence-corrected chi connectivity index (χ4v) is 4.20. The summed E-state index contributed by atoms with van der Waals surface area (Å²) in [6.45, 7) is 5.68. The number of alkyl halides is 3. The summed E-state index contributed by atoms with van der Waals surface area (Å²) >= 11 is 0. The zero-order valence-electron chi connectivity index (χ0n) is 19.7. The normalized spacial score (nSPS) is 18.4. The van der Waals surface area contributed by atoms with Crippen molar-refractivity contribution in [1.82, 2.24) is 15.3 Å². The fraction of sp³-hybridized carbons (Fsp3) is 0.542. The predicted molar refractivity (Wildman–Crippen MR) is 120 cm³/mol. The first-order valence-corrected chi connectivity index (χ1v) is 11.5. The third-order valence-electron chi connectivity index (χ3n) is 6.07. The molecule has 0 radical (unpaired) electrons. The number of ether oxygens (including phenoxy) is 3. The van der Waals surface area contributed by atoms with Gasteiger partial charge in [-0.15, -0.1) is 0 Å². The van der Waals surface area contributed by atoms with Crippen LogP contribution in [0.4, 0.5) is 19.0 Å². The van der Waals surface area contributed by atoms with E-state index in [1.807, 2.05) is 6.92 Å². The molecule has 2 aliphatic heterocycles. The number of nitrogens with zero attached hydrogens (tertiary/aromatic N) is 2. The molecular formula is C24H29F3N4O4. The summed E-state index contributed by atoms with van der Waals surface area (Å²) in [6.07, 6.45) is -3.79. The van der Waals surface area contributed by atoms with E-state index in [-0.39, 0.29) is 24.4 Å². The van der Waals surface area contributed by atoms with E-state index in [4.69, 9.17) is 14.2 Å². The number of nitrogens with one attached hydrogen (secondary N) is 2. The van der Waals surface area contributed by atoms with Crippen molar-refractivity contribution in [3.63, 3.8) is 0 Å². The van der Waals surface area contributed by atoms with Crippen molar-refractivity contribution in [2.75, 3.05) is 31.7 Å². The van der Waals surface area contributed by atoms with Gasteiger partial charge in [0.15, 0.2) is 6.29 Å². The molecule has 0 unspecified atom stereocenters. The Bertz CT molecular complexity index is 1050. The molecule has 2 fully saturated rings. The molecular weight excluding hydrogens is 465 g/mol. The lowest BCUT2D eigenvalue weighted by atomic mass is 9.92. The number of carbonyl (C=O) groups excluding carboxylic acids is 1. The van der Waals surface area contributed by atoms with Gasteiger partial charge in [-0.05, 0) is 44.4 Å². The SMILES string of the molecule is Cc1nc(CC(=O)NC2(C)CCOCC2)c(C2OCCO2)c(NCc2cccc(C(F)(F)F)c2)n1. The molecule has 1 aromatic carbocycles. The predicted octanol–water partition coefficient (Wildman–Crippen LogP) is 3.69. The molecule has 0 bridgehead atoms. The number of anilines is 1. The van der Waals surface area contributed by atoms with Gasteiger partial charge in [-0.2, -0.15) is 13.2 Å². The van der Waals surface area contributed by atoms with Crippen LogP contribution in [0, 0.1) is 6.92 Å². The van der Waals surface area contributed by atoms with Crippen LogP contribution in [0.3, 0.4) is 0 Å². The molecule has 1 amide bonds. The summed E-state index contributed by atoms with van der Waals surface area (Å²) < 4.78 is 56.1.